The number of rotatable bonds is 8. The van der Waals surface area contributed by atoms with Crippen LogP contribution in [0.3, 0.4) is 0 Å². The van der Waals surface area contributed by atoms with Gasteiger partial charge in [0.15, 0.2) is 0 Å². The summed E-state index contributed by atoms with van der Waals surface area (Å²) in [6.07, 6.45) is 5.55. The Labute approximate surface area is 267 Å². The quantitative estimate of drug-likeness (QED) is 0.396. The van der Waals surface area contributed by atoms with Crippen molar-refractivity contribution in [2.24, 2.45) is 5.92 Å². The van der Waals surface area contributed by atoms with Crippen molar-refractivity contribution in [3.05, 3.63) is 65.2 Å². The third-order valence-corrected chi connectivity index (χ3v) is 9.58. The van der Waals surface area contributed by atoms with Crippen molar-refractivity contribution in [1.29, 1.82) is 0 Å². The number of nitrogens with zero attached hydrogens (tertiary/aromatic N) is 4. The normalized spacial score (nSPS) is 19.0. The predicted octanol–water partition coefficient (Wildman–Crippen LogP) is 4.38. The standard InChI is InChI=1S/C35H41F2N5O4/c1-23(24-5-3-2-4-6-24)38-35(45)33-28-19-27(37)11-12-30(28)39-34(25-7-9-26(36)10-8-25)29(33)20-40-13-14-42(31(43)21-40)22-32(44)41-15-17-46-18-16-41/h7-12,19,23-24H,2-6,13-18,20-22H2,1H3,(H,38,45)/t23-/m0/s1. The lowest BCUT2D eigenvalue weighted by atomic mass is 9.84. The van der Waals surface area contributed by atoms with Crippen molar-refractivity contribution in [3.8, 4) is 11.3 Å². The maximum Gasteiger partial charge on any atom is 0.252 e. The zero-order valence-electron chi connectivity index (χ0n) is 26.3. The first-order chi connectivity index (χ1) is 22.3. The van der Waals surface area contributed by atoms with Crippen LogP contribution >= 0.6 is 0 Å². The largest absolute Gasteiger partial charge is 0.378 e. The first-order valence-corrected chi connectivity index (χ1v) is 16.3. The van der Waals surface area contributed by atoms with E-state index >= 15 is 0 Å². The average molecular weight is 634 g/mol. The lowest BCUT2D eigenvalue weighted by molar-refractivity contribution is -0.145. The Bertz CT molecular complexity index is 1590. The molecule has 2 saturated heterocycles. The number of amides is 3. The number of hydrogen-bond donors (Lipinski definition) is 1. The molecule has 244 valence electrons. The average Bonchev–Trinajstić information content (AvgIpc) is 3.06. The molecule has 0 spiro atoms. The number of hydrogen-bond acceptors (Lipinski definition) is 6. The van der Waals surface area contributed by atoms with Gasteiger partial charge in [0, 0.05) is 55.3 Å². The third-order valence-electron chi connectivity index (χ3n) is 9.58. The summed E-state index contributed by atoms with van der Waals surface area (Å²) >= 11 is 0. The molecule has 3 amide bonds. The number of fused-ring (bicyclic) bond motifs is 1. The molecule has 0 bridgehead atoms. The molecule has 1 N–H and O–H groups in total. The van der Waals surface area contributed by atoms with Crippen LogP contribution in [-0.2, 0) is 20.9 Å². The Hall–Kier alpha value is -3.96. The van der Waals surface area contributed by atoms with Crippen LogP contribution in [-0.4, -0.2) is 95.9 Å². The van der Waals surface area contributed by atoms with Gasteiger partial charge in [0.05, 0.1) is 43.1 Å². The highest BCUT2D eigenvalue weighted by atomic mass is 19.1. The zero-order chi connectivity index (χ0) is 32.2. The number of morpholine rings is 1. The van der Waals surface area contributed by atoms with E-state index in [4.69, 9.17) is 9.72 Å². The van der Waals surface area contributed by atoms with Crippen LogP contribution in [0.5, 0.6) is 0 Å². The second-order valence-corrected chi connectivity index (χ2v) is 12.7. The Morgan fingerprint density at radius 3 is 2.41 bits per heavy atom. The van der Waals surface area contributed by atoms with Gasteiger partial charge in [-0.3, -0.25) is 19.3 Å². The van der Waals surface area contributed by atoms with Crippen molar-refractivity contribution in [1.82, 2.24) is 25.0 Å². The van der Waals surface area contributed by atoms with E-state index in [-0.39, 0.29) is 43.4 Å². The minimum Gasteiger partial charge on any atom is -0.378 e. The SMILES string of the molecule is C[C@H](NC(=O)c1c(CN2CCN(CC(=O)N3CCOCC3)C(=O)C2)c(-c2ccc(F)cc2)nc2ccc(F)cc12)C1CCCCC1. The predicted molar refractivity (Wildman–Crippen MR) is 170 cm³/mol. The molecule has 3 aliphatic rings. The number of pyridine rings is 1. The number of benzene rings is 2. The maximum absolute atomic E-state index is 14.7. The molecule has 1 aliphatic carbocycles. The summed E-state index contributed by atoms with van der Waals surface area (Å²) in [7, 11) is 0. The maximum atomic E-state index is 14.7. The first kappa shape index (κ1) is 32.0. The van der Waals surface area contributed by atoms with E-state index in [0.29, 0.717) is 78.6 Å². The molecule has 1 atom stereocenters. The lowest BCUT2D eigenvalue weighted by Gasteiger charge is -2.36. The van der Waals surface area contributed by atoms with Crippen LogP contribution in [0.1, 0.15) is 54.9 Å². The van der Waals surface area contributed by atoms with Crippen molar-refractivity contribution in [2.75, 3.05) is 52.5 Å². The molecule has 0 radical (unpaired) electrons. The molecule has 46 heavy (non-hydrogen) atoms. The fraction of sp³-hybridized carbons (Fsp3) is 0.486. The number of carbonyl (C=O) groups excluding carboxylic acids is 3. The zero-order valence-corrected chi connectivity index (χ0v) is 26.3. The Morgan fingerprint density at radius 1 is 0.978 bits per heavy atom. The molecule has 3 fully saturated rings. The summed E-state index contributed by atoms with van der Waals surface area (Å²) in [6, 6.07) is 10.0. The molecular weight excluding hydrogens is 592 g/mol. The van der Waals surface area contributed by atoms with Crippen molar-refractivity contribution in [2.45, 2.75) is 51.6 Å². The summed E-state index contributed by atoms with van der Waals surface area (Å²) < 4.78 is 34.0. The van der Waals surface area contributed by atoms with E-state index in [2.05, 4.69) is 5.32 Å². The van der Waals surface area contributed by atoms with Crippen LogP contribution < -0.4 is 5.32 Å². The Morgan fingerprint density at radius 2 is 1.70 bits per heavy atom. The Balaban J connectivity index is 1.32. The monoisotopic (exact) mass is 633 g/mol. The van der Waals surface area contributed by atoms with Gasteiger partial charge in [0.1, 0.15) is 11.6 Å². The molecule has 2 aliphatic heterocycles. The number of ether oxygens (including phenoxy) is 1. The number of carbonyl (C=O) groups is 3. The number of piperazine rings is 1. The molecule has 6 rings (SSSR count). The van der Waals surface area contributed by atoms with Gasteiger partial charge in [0.25, 0.3) is 5.91 Å². The second-order valence-electron chi connectivity index (χ2n) is 12.7. The molecule has 3 heterocycles. The van der Waals surface area contributed by atoms with E-state index in [1.54, 1.807) is 28.0 Å². The van der Waals surface area contributed by atoms with E-state index < -0.39 is 11.6 Å². The van der Waals surface area contributed by atoms with Gasteiger partial charge in [-0.1, -0.05) is 19.3 Å². The number of nitrogens with one attached hydrogen (secondary N) is 1. The fourth-order valence-corrected chi connectivity index (χ4v) is 6.92. The summed E-state index contributed by atoms with van der Waals surface area (Å²) in [5, 5.41) is 3.60. The molecule has 0 unspecified atom stereocenters. The molecular formula is C35H41F2N5O4. The van der Waals surface area contributed by atoms with Crippen molar-refractivity contribution >= 4 is 28.6 Å². The highest BCUT2D eigenvalue weighted by Gasteiger charge is 2.31. The minimum atomic E-state index is -0.488. The highest BCUT2D eigenvalue weighted by Crippen LogP contribution is 2.33. The second kappa shape index (κ2) is 14.2. The van der Waals surface area contributed by atoms with Gasteiger partial charge >= 0.3 is 0 Å². The first-order valence-electron chi connectivity index (χ1n) is 16.3. The Kier molecular flexibility index (Phi) is 9.89. The number of halogens is 2. The van der Waals surface area contributed by atoms with E-state index in [0.717, 1.165) is 25.7 Å². The van der Waals surface area contributed by atoms with E-state index in [1.807, 2.05) is 11.8 Å². The van der Waals surface area contributed by atoms with Gasteiger partial charge < -0.3 is 19.9 Å². The minimum absolute atomic E-state index is 0.0109. The number of aromatic nitrogens is 1. The smallest absolute Gasteiger partial charge is 0.252 e. The molecule has 2 aromatic carbocycles. The van der Waals surface area contributed by atoms with Gasteiger partial charge in [0.2, 0.25) is 11.8 Å². The van der Waals surface area contributed by atoms with E-state index in [9.17, 15) is 23.2 Å². The summed E-state index contributed by atoms with van der Waals surface area (Å²) in [4.78, 5) is 50.5. The fourth-order valence-electron chi connectivity index (χ4n) is 6.92. The molecule has 3 aromatic rings. The van der Waals surface area contributed by atoms with Crippen LogP contribution in [0.4, 0.5) is 8.78 Å². The van der Waals surface area contributed by atoms with Gasteiger partial charge in [-0.15, -0.1) is 0 Å². The summed E-state index contributed by atoms with van der Waals surface area (Å²) in [5.41, 5.74) is 2.39. The lowest BCUT2D eigenvalue weighted by Crippen LogP contribution is -2.54. The highest BCUT2D eigenvalue weighted by molar-refractivity contribution is 6.09. The van der Waals surface area contributed by atoms with Crippen LogP contribution in [0, 0.1) is 17.6 Å². The molecule has 11 heteroatoms. The van der Waals surface area contributed by atoms with Gasteiger partial charge in [-0.2, -0.15) is 0 Å². The molecule has 1 aromatic heterocycles. The topological polar surface area (TPSA) is 95.1 Å². The van der Waals surface area contributed by atoms with Crippen molar-refractivity contribution < 1.29 is 27.9 Å². The van der Waals surface area contributed by atoms with Crippen LogP contribution in [0.2, 0.25) is 0 Å². The van der Waals surface area contributed by atoms with Gasteiger partial charge in [-0.05, 0) is 68.1 Å². The van der Waals surface area contributed by atoms with Crippen LogP contribution in [0.25, 0.3) is 22.2 Å². The van der Waals surface area contributed by atoms with E-state index in [1.165, 1.54) is 30.7 Å². The molecule has 9 nitrogen and oxygen atoms in total. The third kappa shape index (κ3) is 7.20. The van der Waals surface area contributed by atoms with Crippen LogP contribution in [0.15, 0.2) is 42.5 Å². The van der Waals surface area contributed by atoms with Crippen molar-refractivity contribution in [3.63, 3.8) is 0 Å². The molecule has 1 saturated carbocycles. The van der Waals surface area contributed by atoms with Gasteiger partial charge in [-0.25, -0.2) is 13.8 Å². The summed E-state index contributed by atoms with van der Waals surface area (Å²) in [5.74, 6) is -1.15. The summed E-state index contributed by atoms with van der Waals surface area (Å²) in [6.45, 7) is 5.07.